The first-order valence-electron chi connectivity index (χ1n) is 7.53. The predicted octanol–water partition coefficient (Wildman–Crippen LogP) is 2.56. The molecule has 0 aliphatic heterocycles. The van der Waals surface area contributed by atoms with Gasteiger partial charge in [0.15, 0.2) is 0 Å². The minimum Gasteiger partial charge on any atom is -0.283 e. The third-order valence-electron chi connectivity index (χ3n) is 3.94. The van der Waals surface area contributed by atoms with Crippen molar-refractivity contribution in [3.63, 3.8) is 0 Å². The van der Waals surface area contributed by atoms with Gasteiger partial charge in [-0.2, -0.15) is 0 Å². The first-order valence-corrected chi connectivity index (χ1v) is 9.02. The highest BCUT2D eigenvalue weighted by molar-refractivity contribution is 7.92. The van der Waals surface area contributed by atoms with E-state index in [1.54, 1.807) is 44.3 Å². The minimum absolute atomic E-state index is 0.193. The summed E-state index contributed by atoms with van der Waals surface area (Å²) in [6.45, 7) is 1.56. The second kappa shape index (κ2) is 6.41. The Bertz CT molecular complexity index is 1120. The van der Waals surface area contributed by atoms with Gasteiger partial charge in [0.25, 0.3) is 15.6 Å². The van der Waals surface area contributed by atoms with E-state index in [-0.39, 0.29) is 5.69 Å². The molecule has 0 radical (unpaired) electrons. The summed E-state index contributed by atoms with van der Waals surface area (Å²) in [5.74, 6) is -2.06. The Balaban J connectivity index is 2.10. The summed E-state index contributed by atoms with van der Waals surface area (Å²) in [4.78, 5) is 12.1. The molecule has 0 spiro atoms. The third-order valence-corrected chi connectivity index (χ3v) is 5.27. The normalized spacial score (nSPS) is 11.5. The minimum atomic E-state index is -4.35. The SMILES string of the molecule is Cc1c(NS(=O)(=O)c2cc(F)cc(F)c2)c(=O)n(-c2ccccc2)n1C. The number of benzene rings is 2. The highest BCUT2D eigenvalue weighted by Gasteiger charge is 2.23. The van der Waals surface area contributed by atoms with Crippen LogP contribution < -0.4 is 10.3 Å². The molecule has 0 unspecified atom stereocenters. The van der Waals surface area contributed by atoms with Crippen LogP contribution in [0.1, 0.15) is 5.69 Å². The van der Waals surface area contributed by atoms with E-state index in [9.17, 15) is 22.0 Å². The number of para-hydroxylation sites is 1. The van der Waals surface area contributed by atoms with Gasteiger partial charge in [0, 0.05) is 13.1 Å². The Labute approximate surface area is 148 Å². The molecule has 3 rings (SSSR count). The number of sulfonamides is 1. The molecule has 136 valence electrons. The summed E-state index contributed by atoms with van der Waals surface area (Å²) in [6, 6.07) is 10.6. The van der Waals surface area contributed by atoms with Gasteiger partial charge in [0.05, 0.1) is 16.3 Å². The van der Waals surface area contributed by atoms with Crippen LogP contribution in [0.3, 0.4) is 0 Å². The number of nitrogens with zero attached hydrogens (tertiary/aromatic N) is 2. The van der Waals surface area contributed by atoms with Gasteiger partial charge in [-0.15, -0.1) is 0 Å². The molecule has 0 saturated carbocycles. The quantitative estimate of drug-likeness (QED) is 0.757. The maximum atomic E-state index is 13.3. The molecule has 0 fully saturated rings. The lowest BCUT2D eigenvalue weighted by Gasteiger charge is -2.07. The lowest BCUT2D eigenvalue weighted by molar-refractivity contribution is 0.568. The van der Waals surface area contributed by atoms with Crippen LogP contribution in [0.2, 0.25) is 0 Å². The van der Waals surface area contributed by atoms with Crippen LogP contribution in [0.5, 0.6) is 0 Å². The number of nitrogens with one attached hydrogen (secondary N) is 1. The summed E-state index contributed by atoms with van der Waals surface area (Å²) in [7, 11) is -2.75. The number of hydrogen-bond donors (Lipinski definition) is 1. The highest BCUT2D eigenvalue weighted by atomic mass is 32.2. The Kier molecular flexibility index (Phi) is 4.41. The molecule has 0 aliphatic rings. The average Bonchev–Trinajstić information content (AvgIpc) is 2.78. The number of hydrogen-bond acceptors (Lipinski definition) is 3. The molecular weight excluding hydrogens is 364 g/mol. The molecule has 2 aromatic carbocycles. The van der Waals surface area contributed by atoms with E-state index in [1.165, 1.54) is 9.36 Å². The zero-order chi connectivity index (χ0) is 19.1. The molecule has 1 heterocycles. The van der Waals surface area contributed by atoms with E-state index in [0.717, 1.165) is 0 Å². The third kappa shape index (κ3) is 3.13. The van der Waals surface area contributed by atoms with Gasteiger partial charge in [0.2, 0.25) is 0 Å². The Morgan fingerprint density at radius 1 is 1.00 bits per heavy atom. The van der Waals surface area contributed by atoms with Crippen molar-refractivity contribution in [3.05, 3.63) is 76.2 Å². The van der Waals surface area contributed by atoms with Gasteiger partial charge in [-0.3, -0.25) is 14.2 Å². The standard InChI is InChI=1S/C17H15F2N3O3S/c1-11-16(17(23)22(21(11)2)14-6-4-3-5-7-14)20-26(24,25)15-9-12(18)8-13(19)10-15/h3-10,20H,1-2H3. The molecule has 3 aromatic rings. The fourth-order valence-electron chi connectivity index (χ4n) is 2.56. The molecule has 6 nitrogen and oxygen atoms in total. The van der Waals surface area contributed by atoms with Crippen molar-refractivity contribution in [2.45, 2.75) is 11.8 Å². The van der Waals surface area contributed by atoms with Gasteiger partial charge in [-0.05, 0) is 31.2 Å². The van der Waals surface area contributed by atoms with Crippen molar-refractivity contribution in [3.8, 4) is 5.69 Å². The molecule has 26 heavy (non-hydrogen) atoms. The summed E-state index contributed by atoms with van der Waals surface area (Å²) >= 11 is 0. The van der Waals surface area contributed by atoms with Crippen molar-refractivity contribution < 1.29 is 17.2 Å². The monoisotopic (exact) mass is 379 g/mol. The first kappa shape index (κ1) is 17.9. The Hall–Kier alpha value is -2.94. The average molecular weight is 379 g/mol. The predicted molar refractivity (Wildman–Crippen MR) is 92.9 cm³/mol. The molecule has 0 amide bonds. The molecule has 0 atom stereocenters. The number of aromatic nitrogens is 2. The molecule has 0 saturated heterocycles. The lowest BCUT2D eigenvalue weighted by atomic mass is 10.3. The molecule has 1 N–H and O–H groups in total. The van der Waals surface area contributed by atoms with Gasteiger partial charge >= 0.3 is 0 Å². The van der Waals surface area contributed by atoms with Crippen molar-refractivity contribution in [2.24, 2.45) is 7.05 Å². The van der Waals surface area contributed by atoms with E-state index in [1.807, 2.05) is 0 Å². The van der Waals surface area contributed by atoms with Crippen LogP contribution in [-0.2, 0) is 17.1 Å². The van der Waals surface area contributed by atoms with Crippen LogP contribution >= 0.6 is 0 Å². The largest absolute Gasteiger partial charge is 0.296 e. The van der Waals surface area contributed by atoms with Crippen LogP contribution in [0.25, 0.3) is 5.69 Å². The van der Waals surface area contributed by atoms with Gasteiger partial charge < -0.3 is 0 Å². The zero-order valence-corrected chi connectivity index (χ0v) is 14.7. The van der Waals surface area contributed by atoms with Crippen molar-refractivity contribution >= 4 is 15.7 Å². The van der Waals surface area contributed by atoms with E-state index < -0.39 is 32.1 Å². The number of anilines is 1. The summed E-state index contributed by atoms with van der Waals surface area (Å²) in [5.41, 5.74) is 0.0994. The fourth-order valence-corrected chi connectivity index (χ4v) is 3.72. The zero-order valence-electron chi connectivity index (χ0n) is 13.9. The van der Waals surface area contributed by atoms with Gasteiger partial charge in [-0.25, -0.2) is 21.9 Å². The van der Waals surface area contributed by atoms with Gasteiger partial charge in [-0.1, -0.05) is 18.2 Å². The van der Waals surface area contributed by atoms with Crippen LogP contribution in [0.15, 0.2) is 58.2 Å². The molecule has 0 bridgehead atoms. The maximum Gasteiger partial charge on any atom is 0.296 e. The van der Waals surface area contributed by atoms with E-state index in [2.05, 4.69) is 4.72 Å². The van der Waals surface area contributed by atoms with Crippen molar-refractivity contribution in [1.82, 2.24) is 9.36 Å². The van der Waals surface area contributed by atoms with Crippen LogP contribution in [-0.4, -0.2) is 17.8 Å². The first-order chi connectivity index (χ1) is 12.2. The van der Waals surface area contributed by atoms with Crippen LogP contribution in [0, 0.1) is 18.6 Å². The topological polar surface area (TPSA) is 73.1 Å². The maximum absolute atomic E-state index is 13.3. The second-order valence-electron chi connectivity index (χ2n) is 5.65. The van der Waals surface area contributed by atoms with E-state index >= 15 is 0 Å². The van der Waals surface area contributed by atoms with E-state index in [4.69, 9.17) is 0 Å². The Morgan fingerprint density at radius 3 is 2.15 bits per heavy atom. The second-order valence-corrected chi connectivity index (χ2v) is 7.33. The highest BCUT2D eigenvalue weighted by Crippen LogP contribution is 2.20. The summed E-state index contributed by atoms with van der Waals surface area (Å²) < 4.78 is 56.5. The van der Waals surface area contributed by atoms with Gasteiger partial charge in [0.1, 0.15) is 17.3 Å². The summed E-state index contributed by atoms with van der Waals surface area (Å²) in [6.07, 6.45) is 0. The van der Waals surface area contributed by atoms with Crippen LogP contribution in [0.4, 0.5) is 14.5 Å². The Morgan fingerprint density at radius 2 is 1.58 bits per heavy atom. The molecular formula is C17H15F2N3O3S. The fraction of sp³-hybridized carbons (Fsp3) is 0.118. The van der Waals surface area contributed by atoms with E-state index in [0.29, 0.717) is 29.6 Å². The molecule has 0 aliphatic carbocycles. The lowest BCUT2D eigenvalue weighted by Crippen LogP contribution is -2.23. The van der Waals surface area contributed by atoms with Crippen molar-refractivity contribution in [2.75, 3.05) is 4.72 Å². The molecule has 9 heteroatoms. The number of rotatable bonds is 4. The smallest absolute Gasteiger partial charge is 0.283 e. The van der Waals surface area contributed by atoms with Crippen molar-refractivity contribution in [1.29, 1.82) is 0 Å². The number of halogens is 2. The molecule has 1 aromatic heterocycles. The summed E-state index contributed by atoms with van der Waals surface area (Å²) in [5, 5.41) is 0.